The summed E-state index contributed by atoms with van der Waals surface area (Å²) in [5.41, 5.74) is 0. The van der Waals surface area contributed by atoms with Crippen LogP contribution < -0.4 is 5.32 Å². The molecule has 0 rings (SSSR count). The van der Waals surface area contributed by atoms with Gasteiger partial charge >= 0.3 is 0 Å². The third-order valence-corrected chi connectivity index (χ3v) is 2.93. The highest BCUT2D eigenvalue weighted by molar-refractivity contribution is 4.66. The van der Waals surface area contributed by atoms with Crippen molar-refractivity contribution >= 4 is 0 Å². The van der Waals surface area contributed by atoms with E-state index in [1.165, 1.54) is 19.4 Å². The van der Waals surface area contributed by atoms with Gasteiger partial charge in [0.2, 0.25) is 0 Å². The molecular weight excluding hydrogens is 184 g/mol. The van der Waals surface area contributed by atoms with Crippen molar-refractivity contribution in [2.24, 2.45) is 5.92 Å². The summed E-state index contributed by atoms with van der Waals surface area (Å²) in [5, 5.41) is 3.47. The van der Waals surface area contributed by atoms with Crippen LogP contribution in [-0.4, -0.2) is 37.1 Å². The van der Waals surface area contributed by atoms with Gasteiger partial charge in [0, 0.05) is 12.1 Å². The summed E-state index contributed by atoms with van der Waals surface area (Å²) in [6, 6.07) is 1.30. The smallest absolute Gasteiger partial charge is 0.00759 e. The van der Waals surface area contributed by atoms with Crippen molar-refractivity contribution in [3.8, 4) is 0 Å². The fraction of sp³-hybridized carbons (Fsp3) is 1.00. The van der Waals surface area contributed by atoms with Crippen molar-refractivity contribution in [3.63, 3.8) is 0 Å². The molecule has 0 aromatic carbocycles. The van der Waals surface area contributed by atoms with Crippen LogP contribution >= 0.6 is 0 Å². The summed E-state index contributed by atoms with van der Waals surface area (Å²) in [7, 11) is 2.24. The maximum Gasteiger partial charge on any atom is 0.00759 e. The Labute approximate surface area is 96.4 Å². The number of hydrogen-bond acceptors (Lipinski definition) is 2. The maximum atomic E-state index is 3.47. The predicted molar refractivity (Wildman–Crippen MR) is 69.3 cm³/mol. The van der Waals surface area contributed by atoms with Gasteiger partial charge < -0.3 is 10.2 Å². The zero-order chi connectivity index (χ0) is 11.8. The molecule has 0 aliphatic heterocycles. The number of rotatable bonds is 8. The largest absolute Gasteiger partial charge is 0.314 e. The van der Waals surface area contributed by atoms with Crippen LogP contribution in [-0.2, 0) is 0 Å². The van der Waals surface area contributed by atoms with Crippen molar-refractivity contribution in [2.45, 2.75) is 59.5 Å². The van der Waals surface area contributed by atoms with Gasteiger partial charge in [-0.15, -0.1) is 0 Å². The third kappa shape index (κ3) is 8.88. The standard InChI is InChI=1S/C13H30N2/c1-11(2)8-10-15(6)13(5)7-9-14-12(3)4/h11-14H,7-10H2,1-6H3. The highest BCUT2D eigenvalue weighted by Crippen LogP contribution is 2.05. The van der Waals surface area contributed by atoms with E-state index in [-0.39, 0.29) is 0 Å². The fourth-order valence-electron chi connectivity index (χ4n) is 1.48. The van der Waals surface area contributed by atoms with Crippen LogP contribution in [0.15, 0.2) is 0 Å². The molecule has 0 aromatic rings. The van der Waals surface area contributed by atoms with Gasteiger partial charge in [0.25, 0.3) is 0 Å². The zero-order valence-corrected chi connectivity index (χ0v) is 11.5. The Hall–Kier alpha value is -0.0800. The number of nitrogens with zero attached hydrogens (tertiary/aromatic N) is 1. The zero-order valence-electron chi connectivity index (χ0n) is 11.5. The van der Waals surface area contributed by atoms with Crippen LogP contribution in [0.1, 0.15) is 47.5 Å². The molecule has 0 aliphatic carbocycles. The minimum Gasteiger partial charge on any atom is -0.314 e. The van der Waals surface area contributed by atoms with Gasteiger partial charge in [-0.3, -0.25) is 0 Å². The first kappa shape index (κ1) is 14.9. The van der Waals surface area contributed by atoms with Crippen LogP contribution in [0.2, 0.25) is 0 Å². The molecule has 1 unspecified atom stereocenters. The molecule has 0 radical (unpaired) electrons. The summed E-state index contributed by atoms with van der Waals surface area (Å²) in [6.45, 7) is 13.7. The summed E-state index contributed by atoms with van der Waals surface area (Å²) >= 11 is 0. The van der Waals surface area contributed by atoms with Crippen LogP contribution in [0.5, 0.6) is 0 Å². The SMILES string of the molecule is CC(C)CCN(C)C(C)CCNC(C)C. The highest BCUT2D eigenvalue weighted by Gasteiger charge is 2.09. The lowest BCUT2D eigenvalue weighted by molar-refractivity contribution is 0.230. The Bertz CT molecular complexity index is 143. The van der Waals surface area contributed by atoms with Gasteiger partial charge in [-0.25, -0.2) is 0 Å². The van der Waals surface area contributed by atoms with Crippen LogP contribution in [0.3, 0.4) is 0 Å². The van der Waals surface area contributed by atoms with Crippen molar-refractivity contribution in [3.05, 3.63) is 0 Å². The highest BCUT2D eigenvalue weighted by atomic mass is 15.1. The van der Waals surface area contributed by atoms with E-state index in [4.69, 9.17) is 0 Å². The fourth-order valence-corrected chi connectivity index (χ4v) is 1.48. The summed E-state index contributed by atoms with van der Waals surface area (Å²) < 4.78 is 0. The minimum absolute atomic E-state index is 0.609. The van der Waals surface area contributed by atoms with Crippen molar-refractivity contribution in [2.75, 3.05) is 20.1 Å². The first-order chi connectivity index (χ1) is 6.93. The van der Waals surface area contributed by atoms with Gasteiger partial charge in [-0.1, -0.05) is 27.7 Å². The third-order valence-electron chi connectivity index (χ3n) is 2.93. The van der Waals surface area contributed by atoms with E-state index < -0.39 is 0 Å². The molecule has 15 heavy (non-hydrogen) atoms. The molecule has 0 fully saturated rings. The van der Waals surface area contributed by atoms with E-state index in [0.29, 0.717) is 12.1 Å². The molecule has 0 aliphatic rings. The van der Waals surface area contributed by atoms with Gasteiger partial charge in [0.15, 0.2) is 0 Å². The van der Waals surface area contributed by atoms with E-state index in [9.17, 15) is 0 Å². The lowest BCUT2D eigenvalue weighted by Gasteiger charge is -2.25. The Morgan fingerprint density at radius 3 is 2.07 bits per heavy atom. The lowest BCUT2D eigenvalue weighted by Crippen LogP contribution is -2.34. The van der Waals surface area contributed by atoms with Crippen LogP contribution in [0.25, 0.3) is 0 Å². The molecule has 0 amide bonds. The van der Waals surface area contributed by atoms with Crippen LogP contribution in [0.4, 0.5) is 0 Å². The molecule has 92 valence electrons. The molecule has 0 heterocycles. The predicted octanol–water partition coefficient (Wildman–Crippen LogP) is 2.74. The van der Waals surface area contributed by atoms with Crippen molar-refractivity contribution < 1.29 is 0 Å². The molecule has 0 spiro atoms. The number of hydrogen-bond donors (Lipinski definition) is 1. The van der Waals surface area contributed by atoms with Crippen LogP contribution in [0, 0.1) is 5.92 Å². The Balaban J connectivity index is 3.55. The molecule has 0 saturated carbocycles. The summed E-state index contributed by atoms with van der Waals surface area (Å²) in [4.78, 5) is 2.47. The van der Waals surface area contributed by atoms with E-state index in [1.54, 1.807) is 0 Å². The van der Waals surface area contributed by atoms with Crippen molar-refractivity contribution in [1.82, 2.24) is 10.2 Å². The van der Waals surface area contributed by atoms with Gasteiger partial charge in [-0.2, -0.15) is 0 Å². The second-order valence-electron chi connectivity index (χ2n) is 5.41. The normalized spacial score (nSPS) is 14.2. The Morgan fingerprint density at radius 1 is 1.00 bits per heavy atom. The molecule has 2 nitrogen and oxygen atoms in total. The molecule has 0 saturated heterocycles. The molecule has 1 N–H and O–H groups in total. The monoisotopic (exact) mass is 214 g/mol. The first-order valence-electron chi connectivity index (χ1n) is 6.37. The van der Waals surface area contributed by atoms with E-state index >= 15 is 0 Å². The average molecular weight is 214 g/mol. The molecule has 1 atom stereocenters. The van der Waals surface area contributed by atoms with Gasteiger partial charge in [-0.05, 0) is 45.8 Å². The maximum absolute atomic E-state index is 3.47. The van der Waals surface area contributed by atoms with Gasteiger partial charge in [0.1, 0.15) is 0 Å². The molecule has 2 heteroatoms. The minimum atomic E-state index is 0.609. The van der Waals surface area contributed by atoms with E-state index in [2.05, 4.69) is 51.9 Å². The van der Waals surface area contributed by atoms with E-state index in [0.717, 1.165) is 12.5 Å². The average Bonchev–Trinajstić information content (AvgIpc) is 2.13. The second-order valence-corrected chi connectivity index (χ2v) is 5.41. The quantitative estimate of drug-likeness (QED) is 0.668. The number of nitrogens with one attached hydrogen (secondary N) is 1. The summed E-state index contributed by atoms with van der Waals surface area (Å²) in [6.07, 6.45) is 2.55. The first-order valence-corrected chi connectivity index (χ1v) is 6.37. The molecule has 0 aromatic heterocycles. The van der Waals surface area contributed by atoms with Crippen molar-refractivity contribution in [1.29, 1.82) is 0 Å². The second kappa shape index (κ2) is 8.12. The molecular formula is C13H30N2. The Morgan fingerprint density at radius 2 is 1.60 bits per heavy atom. The topological polar surface area (TPSA) is 15.3 Å². The Kier molecular flexibility index (Phi) is 8.07. The lowest BCUT2D eigenvalue weighted by atomic mass is 10.1. The summed E-state index contributed by atoms with van der Waals surface area (Å²) in [5.74, 6) is 0.813. The van der Waals surface area contributed by atoms with Gasteiger partial charge in [0.05, 0.1) is 0 Å². The van der Waals surface area contributed by atoms with E-state index in [1.807, 2.05) is 0 Å². The molecule has 0 bridgehead atoms.